The minimum atomic E-state index is -0.239. The molecular formula is C64H84BrF2N13O2. The van der Waals surface area contributed by atoms with Crippen molar-refractivity contribution in [2.24, 2.45) is 0 Å². The number of pyridine rings is 5. The summed E-state index contributed by atoms with van der Waals surface area (Å²) < 4.78 is 33.2. The van der Waals surface area contributed by atoms with Crippen LogP contribution in [0.2, 0.25) is 0 Å². The molecule has 10 rings (SSSR count). The topological polar surface area (TPSA) is 148 Å². The van der Waals surface area contributed by atoms with Crippen LogP contribution >= 0.6 is 15.9 Å². The van der Waals surface area contributed by atoms with Crippen molar-refractivity contribution in [3.05, 3.63) is 138 Å². The van der Waals surface area contributed by atoms with Crippen molar-refractivity contribution in [2.45, 2.75) is 130 Å². The standard InChI is InChI=1S/C37H49FN8O.C27H35BrFN5O/c1-7-46(28-11-9-27(10-12-28)43(4)5)35-29-14-15-39-36(41-23-32-24(2)20-25(3)42-37(32)47)31(29)21-30(34(35)38)26-8-13-33(40-22-26)45-18-16-44(6)17-19-45;1-6-34(19-9-7-18(8-10-19)33(4)5)25-20-11-12-30-26(21(20)14-23(28)24(25)29)31-15-22-16(2)13-17(3)32-27(22)35/h8,13-15,20-22,27-28H,7,9-12,16-19,23H2,1-6H3,(H,39,41)(H,42,47);11-14,18-19H,6-10,15H2,1-5H3,(H,30,31)(H,32,35). The zero-order valence-electron chi connectivity index (χ0n) is 49.9. The Bertz CT molecular complexity index is 3470. The molecule has 438 valence electrons. The predicted molar refractivity (Wildman–Crippen MR) is 337 cm³/mol. The highest BCUT2D eigenvalue weighted by Crippen LogP contribution is 2.43. The number of hydrogen-bond donors (Lipinski definition) is 4. The van der Waals surface area contributed by atoms with Crippen molar-refractivity contribution in [1.82, 2.24) is 39.6 Å². The SMILES string of the molecule is CCN(c1c(F)c(-c2ccc(N3CCN(C)CC3)nc2)cc2c(NCc3c(C)cc(C)[nH]c3=O)nccc12)C1CCC(N(C)C)CC1.CCN(c1c(F)c(Br)cc2c(NCc3c(C)cc(C)[nH]c3=O)nccc12)C1CCC(N(C)C)CC1. The third-order valence-electron chi connectivity index (χ3n) is 17.6. The first-order chi connectivity index (χ1) is 39.3. The normalized spacial score (nSPS) is 18.7. The second kappa shape index (κ2) is 26.4. The Labute approximate surface area is 491 Å². The molecule has 0 atom stereocenters. The van der Waals surface area contributed by atoms with Crippen LogP contribution in [0.5, 0.6) is 0 Å². The van der Waals surface area contributed by atoms with Gasteiger partial charge in [0.05, 0.1) is 15.8 Å². The molecule has 2 aliphatic carbocycles. The summed E-state index contributed by atoms with van der Waals surface area (Å²) in [4.78, 5) is 58.9. The van der Waals surface area contributed by atoms with E-state index in [1.807, 2.05) is 70.2 Å². The third-order valence-corrected chi connectivity index (χ3v) is 18.2. The summed E-state index contributed by atoms with van der Waals surface area (Å²) >= 11 is 3.46. The number of H-pyrrole nitrogens is 2. The van der Waals surface area contributed by atoms with E-state index >= 15 is 8.78 Å². The van der Waals surface area contributed by atoms with E-state index in [0.29, 0.717) is 81.9 Å². The second-order valence-electron chi connectivity index (χ2n) is 23.3. The number of likely N-dealkylation sites (N-methyl/N-ethyl adjacent to an activating group) is 1. The van der Waals surface area contributed by atoms with Gasteiger partial charge in [-0.15, -0.1) is 0 Å². The highest BCUT2D eigenvalue weighted by molar-refractivity contribution is 9.10. The molecule has 7 aromatic rings. The number of rotatable bonds is 16. The van der Waals surface area contributed by atoms with Crippen LogP contribution in [0.3, 0.4) is 0 Å². The van der Waals surface area contributed by atoms with E-state index < -0.39 is 0 Å². The van der Waals surface area contributed by atoms with Gasteiger partial charge in [0.25, 0.3) is 11.1 Å². The summed E-state index contributed by atoms with van der Waals surface area (Å²) in [5.74, 6) is 1.71. The maximum Gasteiger partial charge on any atom is 0.253 e. The zero-order chi connectivity index (χ0) is 58.5. The summed E-state index contributed by atoms with van der Waals surface area (Å²) in [6.07, 6.45) is 13.7. The highest BCUT2D eigenvalue weighted by atomic mass is 79.9. The van der Waals surface area contributed by atoms with E-state index in [1.165, 1.54) is 0 Å². The number of hydrogen-bond acceptors (Lipinski definition) is 13. The monoisotopic (exact) mass is 1180 g/mol. The Morgan fingerprint density at radius 3 is 1.48 bits per heavy atom. The van der Waals surface area contributed by atoms with Gasteiger partial charge in [-0.05, 0) is 204 Å². The molecule has 3 fully saturated rings. The Balaban J connectivity index is 0.000000206. The fraction of sp³-hybridized carbons (Fsp3) is 0.484. The lowest BCUT2D eigenvalue weighted by atomic mass is 9.88. The van der Waals surface area contributed by atoms with Gasteiger partial charge in [-0.25, -0.2) is 23.7 Å². The maximum absolute atomic E-state index is 17.1. The minimum Gasteiger partial charge on any atom is -0.366 e. The third kappa shape index (κ3) is 13.1. The molecule has 0 bridgehead atoms. The van der Waals surface area contributed by atoms with E-state index in [2.05, 4.69) is 120 Å². The maximum atomic E-state index is 17.1. The van der Waals surface area contributed by atoms with Gasteiger partial charge in [0, 0.05) is 150 Å². The molecule has 0 spiro atoms. The molecular weight excluding hydrogens is 1100 g/mol. The predicted octanol–water partition coefficient (Wildman–Crippen LogP) is 11.6. The van der Waals surface area contributed by atoms with Crippen molar-refractivity contribution in [2.75, 3.05) is 99.8 Å². The Hall–Kier alpha value is -6.47. The van der Waals surface area contributed by atoms with Crippen LogP contribution in [0.4, 0.5) is 37.6 Å². The molecule has 5 aromatic heterocycles. The van der Waals surface area contributed by atoms with Crippen LogP contribution in [0.25, 0.3) is 32.7 Å². The van der Waals surface area contributed by atoms with Crippen LogP contribution in [0.15, 0.2) is 81.2 Å². The molecule has 15 nitrogen and oxygen atoms in total. The lowest BCUT2D eigenvalue weighted by Gasteiger charge is -2.40. The Morgan fingerprint density at radius 2 is 1.05 bits per heavy atom. The highest BCUT2D eigenvalue weighted by Gasteiger charge is 2.32. The largest absolute Gasteiger partial charge is 0.366 e. The second-order valence-corrected chi connectivity index (χ2v) is 24.2. The van der Waals surface area contributed by atoms with Crippen molar-refractivity contribution in [3.63, 3.8) is 0 Å². The molecule has 4 N–H and O–H groups in total. The van der Waals surface area contributed by atoms with Crippen molar-refractivity contribution >= 4 is 66.3 Å². The van der Waals surface area contributed by atoms with E-state index in [9.17, 15) is 9.59 Å². The summed E-state index contributed by atoms with van der Waals surface area (Å²) in [5.41, 5.74) is 7.11. The number of aromatic amines is 2. The first-order valence-electron chi connectivity index (χ1n) is 29.4. The van der Waals surface area contributed by atoms with Gasteiger partial charge in [-0.2, -0.15) is 0 Å². The smallest absolute Gasteiger partial charge is 0.253 e. The average Bonchev–Trinajstić information content (AvgIpc) is 3.35. The van der Waals surface area contributed by atoms with Gasteiger partial charge in [0.15, 0.2) is 11.6 Å². The van der Waals surface area contributed by atoms with Gasteiger partial charge in [0.2, 0.25) is 0 Å². The van der Waals surface area contributed by atoms with Crippen LogP contribution < -0.4 is 36.5 Å². The molecule has 2 saturated carbocycles. The Morgan fingerprint density at radius 1 is 0.598 bits per heavy atom. The molecule has 6 heterocycles. The Kier molecular flexibility index (Phi) is 19.4. The van der Waals surface area contributed by atoms with Gasteiger partial charge in [0.1, 0.15) is 17.5 Å². The number of nitrogens with zero attached hydrogens (tertiary/aromatic N) is 9. The molecule has 82 heavy (non-hydrogen) atoms. The van der Waals surface area contributed by atoms with Crippen LogP contribution in [0, 0.1) is 39.3 Å². The fourth-order valence-corrected chi connectivity index (χ4v) is 13.3. The molecule has 1 aliphatic heterocycles. The first-order valence-corrected chi connectivity index (χ1v) is 30.1. The molecule has 3 aliphatic rings. The number of piperazine rings is 1. The first kappa shape index (κ1) is 60.1. The van der Waals surface area contributed by atoms with Gasteiger partial charge in [-0.1, -0.05) is 0 Å². The molecule has 0 unspecified atom stereocenters. The quantitative estimate of drug-likeness (QED) is 0.0728. The molecule has 2 aromatic carbocycles. The lowest BCUT2D eigenvalue weighted by Crippen LogP contribution is -2.44. The van der Waals surface area contributed by atoms with Crippen molar-refractivity contribution < 1.29 is 8.78 Å². The van der Waals surface area contributed by atoms with Crippen LogP contribution in [0.1, 0.15) is 98.9 Å². The molecule has 0 amide bonds. The molecule has 1 saturated heterocycles. The van der Waals surface area contributed by atoms with Crippen molar-refractivity contribution in [1.29, 1.82) is 0 Å². The molecule has 0 radical (unpaired) electrons. The molecule has 18 heteroatoms. The van der Waals surface area contributed by atoms with Gasteiger partial charge >= 0.3 is 0 Å². The van der Waals surface area contributed by atoms with Crippen LogP contribution in [-0.4, -0.2) is 138 Å². The van der Waals surface area contributed by atoms with E-state index in [-0.39, 0.29) is 28.8 Å². The van der Waals surface area contributed by atoms with Gasteiger partial charge in [-0.3, -0.25) is 9.59 Å². The summed E-state index contributed by atoms with van der Waals surface area (Å²) in [5, 5.41) is 10.1. The number of fused-ring (bicyclic) bond motifs is 2. The van der Waals surface area contributed by atoms with E-state index in [4.69, 9.17) is 9.97 Å². The minimum absolute atomic E-state index is 0.103. The van der Waals surface area contributed by atoms with Crippen molar-refractivity contribution in [3.8, 4) is 11.1 Å². The van der Waals surface area contributed by atoms with E-state index in [1.54, 1.807) is 24.7 Å². The van der Waals surface area contributed by atoms with Crippen LogP contribution in [-0.2, 0) is 13.1 Å². The summed E-state index contributed by atoms with van der Waals surface area (Å²) in [6.45, 7) is 17.7. The number of aromatic nitrogens is 5. The summed E-state index contributed by atoms with van der Waals surface area (Å²) in [7, 11) is 10.7. The fourth-order valence-electron chi connectivity index (χ4n) is 12.9. The average molecular weight is 1190 g/mol. The zero-order valence-corrected chi connectivity index (χ0v) is 51.5. The number of benzene rings is 2. The number of anilines is 5. The number of halogens is 3. The van der Waals surface area contributed by atoms with Gasteiger partial charge < -0.3 is 50.0 Å². The summed E-state index contributed by atoms with van der Waals surface area (Å²) in [6, 6.07) is 17.1. The number of nitrogens with one attached hydrogen (secondary N) is 4. The number of aryl methyl sites for hydroxylation is 4. The lowest BCUT2D eigenvalue weighted by molar-refractivity contribution is 0.214. The van der Waals surface area contributed by atoms with E-state index in [0.717, 1.165) is 140 Å².